The number of hydrogen-bond donors (Lipinski definition) is 1. The quantitative estimate of drug-likeness (QED) is 0.650. The number of aromatic nitrogens is 2. The number of benzene rings is 1. The van der Waals surface area contributed by atoms with E-state index >= 15 is 0 Å². The average Bonchev–Trinajstić information content (AvgIpc) is 3.02. The van der Waals surface area contributed by atoms with Crippen LogP contribution in [0.5, 0.6) is 5.75 Å². The summed E-state index contributed by atoms with van der Waals surface area (Å²) in [6, 6.07) is 9.21. The maximum Gasteiger partial charge on any atom is 0.303 e. The fraction of sp³-hybridized carbons (Fsp3) is 0.316. The zero-order valence-electron chi connectivity index (χ0n) is 14.5. The van der Waals surface area contributed by atoms with Gasteiger partial charge in [-0.2, -0.15) is 0 Å². The molecule has 6 nitrogen and oxygen atoms in total. The molecule has 0 radical (unpaired) electrons. The molecular weight excluding hydrogens is 356 g/mol. The van der Waals surface area contributed by atoms with Gasteiger partial charge in [0.2, 0.25) is 0 Å². The fourth-order valence-corrected chi connectivity index (χ4v) is 2.87. The molecule has 1 atom stereocenters. The van der Waals surface area contributed by atoms with Gasteiger partial charge in [0.1, 0.15) is 11.9 Å². The maximum atomic E-state index is 10.7. The van der Waals surface area contributed by atoms with Gasteiger partial charge in [0.15, 0.2) is 5.58 Å². The second-order valence-corrected chi connectivity index (χ2v) is 6.38. The SMILES string of the molecule is CCc1cccc(C(C)Oc2cc3onc(CCC(=O)O)c3cc2Cl)n1. The molecule has 1 unspecified atom stereocenters. The molecule has 0 spiro atoms. The van der Waals surface area contributed by atoms with Crippen molar-refractivity contribution < 1.29 is 19.2 Å². The number of carboxylic acids is 1. The third-order valence-corrected chi connectivity index (χ3v) is 4.38. The standard InChI is InChI=1S/C19H19ClN2O4/c1-3-12-5-4-6-15(21-12)11(2)25-18-10-17-13(9-14(18)20)16(22-26-17)7-8-19(23)24/h4-6,9-11H,3,7-8H2,1-2H3,(H,23,24). The van der Waals surface area contributed by atoms with Crippen molar-refractivity contribution in [2.45, 2.75) is 39.2 Å². The number of nitrogens with zero attached hydrogens (tertiary/aromatic N) is 2. The summed E-state index contributed by atoms with van der Waals surface area (Å²) < 4.78 is 11.3. The molecule has 1 aromatic carbocycles. The largest absolute Gasteiger partial charge is 0.483 e. The van der Waals surface area contributed by atoms with Gasteiger partial charge in [-0.3, -0.25) is 9.78 Å². The first-order valence-electron chi connectivity index (χ1n) is 8.40. The van der Waals surface area contributed by atoms with Crippen LogP contribution in [-0.4, -0.2) is 21.2 Å². The van der Waals surface area contributed by atoms with E-state index in [2.05, 4.69) is 10.1 Å². The second kappa shape index (κ2) is 7.74. The number of halogens is 1. The van der Waals surface area contributed by atoms with Gasteiger partial charge < -0.3 is 14.4 Å². The van der Waals surface area contributed by atoms with Crippen molar-refractivity contribution in [1.82, 2.24) is 10.1 Å². The van der Waals surface area contributed by atoms with Crippen LogP contribution in [0.1, 0.15) is 43.5 Å². The van der Waals surface area contributed by atoms with E-state index in [1.165, 1.54) is 0 Å². The minimum Gasteiger partial charge on any atom is -0.483 e. The van der Waals surface area contributed by atoms with E-state index in [1.54, 1.807) is 12.1 Å². The van der Waals surface area contributed by atoms with E-state index in [-0.39, 0.29) is 18.9 Å². The van der Waals surface area contributed by atoms with Gasteiger partial charge in [-0.25, -0.2) is 0 Å². The zero-order valence-corrected chi connectivity index (χ0v) is 15.3. The Morgan fingerprint density at radius 1 is 1.38 bits per heavy atom. The first-order chi connectivity index (χ1) is 12.5. The Labute approximate surface area is 155 Å². The van der Waals surface area contributed by atoms with Crippen molar-refractivity contribution >= 4 is 28.5 Å². The van der Waals surface area contributed by atoms with Crippen molar-refractivity contribution in [1.29, 1.82) is 0 Å². The molecule has 0 aliphatic heterocycles. The summed E-state index contributed by atoms with van der Waals surface area (Å²) in [6.07, 6.45) is 0.826. The third-order valence-electron chi connectivity index (χ3n) is 4.09. The van der Waals surface area contributed by atoms with Crippen LogP contribution >= 0.6 is 11.6 Å². The number of carboxylic acid groups (broad SMARTS) is 1. The first kappa shape index (κ1) is 18.2. The van der Waals surface area contributed by atoms with Gasteiger partial charge in [0.25, 0.3) is 0 Å². The van der Waals surface area contributed by atoms with Crippen molar-refractivity contribution in [2.24, 2.45) is 0 Å². The maximum absolute atomic E-state index is 10.7. The second-order valence-electron chi connectivity index (χ2n) is 5.97. The Morgan fingerprint density at radius 3 is 2.92 bits per heavy atom. The smallest absolute Gasteiger partial charge is 0.303 e. The van der Waals surface area contributed by atoms with E-state index in [0.717, 1.165) is 17.8 Å². The molecule has 0 aliphatic carbocycles. The first-order valence-corrected chi connectivity index (χ1v) is 8.77. The van der Waals surface area contributed by atoms with Crippen LogP contribution in [0.3, 0.4) is 0 Å². The summed E-state index contributed by atoms with van der Waals surface area (Å²) in [6.45, 7) is 3.95. The van der Waals surface area contributed by atoms with Crippen molar-refractivity contribution in [2.75, 3.05) is 0 Å². The number of ether oxygens (including phenoxy) is 1. The van der Waals surface area contributed by atoms with Gasteiger partial charge >= 0.3 is 5.97 Å². The fourth-order valence-electron chi connectivity index (χ4n) is 2.66. The molecule has 7 heteroatoms. The van der Waals surface area contributed by atoms with Crippen LogP contribution in [0, 0.1) is 0 Å². The highest BCUT2D eigenvalue weighted by atomic mass is 35.5. The number of aliphatic carboxylic acids is 1. The predicted molar refractivity (Wildman–Crippen MR) is 97.6 cm³/mol. The molecule has 2 aromatic heterocycles. The lowest BCUT2D eigenvalue weighted by Crippen LogP contribution is -2.07. The number of hydrogen-bond acceptors (Lipinski definition) is 5. The van der Waals surface area contributed by atoms with Gasteiger partial charge in [-0.1, -0.05) is 29.7 Å². The summed E-state index contributed by atoms with van der Waals surface area (Å²) in [7, 11) is 0. The summed E-state index contributed by atoms with van der Waals surface area (Å²) in [5.74, 6) is -0.417. The van der Waals surface area contributed by atoms with Crippen LogP contribution in [0.4, 0.5) is 0 Å². The topological polar surface area (TPSA) is 85.5 Å². The highest BCUT2D eigenvalue weighted by molar-refractivity contribution is 6.32. The molecular formula is C19H19ClN2O4. The van der Waals surface area contributed by atoms with Crippen LogP contribution in [0.15, 0.2) is 34.9 Å². The summed E-state index contributed by atoms with van der Waals surface area (Å²) in [4.78, 5) is 15.3. The van der Waals surface area contributed by atoms with Crippen molar-refractivity contribution in [3.05, 3.63) is 52.4 Å². The van der Waals surface area contributed by atoms with Gasteiger partial charge in [-0.15, -0.1) is 0 Å². The molecule has 2 heterocycles. The third kappa shape index (κ3) is 3.96. The lowest BCUT2D eigenvalue weighted by molar-refractivity contribution is -0.136. The van der Waals surface area contributed by atoms with Crippen LogP contribution in [-0.2, 0) is 17.6 Å². The minimum absolute atomic E-state index is 0.0199. The highest BCUT2D eigenvalue weighted by Crippen LogP contribution is 2.34. The molecule has 26 heavy (non-hydrogen) atoms. The summed E-state index contributed by atoms with van der Waals surface area (Å²) in [5.41, 5.74) is 2.89. The lowest BCUT2D eigenvalue weighted by Gasteiger charge is -2.16. The molecule has 0 amide bonds. The molecule has 0 bridgehead atoms. The Bertz CT molecular complexity index is 938. The Hall–Kier alpha value is -2.60. The van der Waals surface area contributed by atoms with E-state index in [9.17, 15) is 4.79 Å². The Kier molecular flexibility index (Phi) is 5.42. The highest BCUT2D eigenvalue weighted by Gasteiger charge is 2.17. The number of carbonyl (C=O) groups is 1. The monoisotopic (exact) mass is 374 g/mol. The van der Waals surface area contributed by atoms with E-state index in [0.29, 0.717) is 27.4 Å². The molecule has 0 aliphatic rings. The van der Waals surface area contributed by atoms with Crippen LogP contribution in [0.2, 0.25) is 5.02 Å². The molecule has 3 rings (SSSR count). The average molecular weight is 375 g/mol. The van der Waals surface area contributed by atoms with E-state index in [4.69, 9.17) is 26.0 Å². The number of fused-ring (bicyclic) bond motifs is 1. The van der Waals surface area contributed by atoms with Gasteiger partial charge in [0, 0.05) is 23.6 Å². The lowest BCUT2D eigenvalue weighted by atomic mass is 10.1. The normalized spacial score (nSPS) is 12.3. The van der Waals surface area contributed by atoms with Crippen LogP contribution in [0.25, 0.3) is 11.0 Å². The van der Waals surface area contributed by atoms with Crippen molar-refractivity contribution in [3.8, 4) is 5.75 Å². The minimum atomic E-state index is -0.886. The van der Waals surface area contributed by atoms with Gasteiger partial charge in [-0.05, 0) is 31.5 Å². The molecule has 0 saturated heterocycles. The molecule has 3 aromatic rings. The molecule has 1 N–H and O–H groups in total. The number of aryl methyl sites for hydroxylation is 2. The summed E-state index contributed by atoms with van der Waals surface area (Å²) in [5, 5.41) is 13.9. The molecule has 136 valence electrons. The Morgan fingerprint density at radius 2 is 2.19 bits per heavy atom. The van der Waals surface area contributed by atoms with E-state index in [1.807, 2.05) is 32.0 Å². The Balaban J connectivity index is 1.83. The zero-order chi connectivity index (χ0) is 18.7. The van der Waals surface area contributed by atoms with Crippen LogP contribution < -0.4 is 4.74 Å². The summed E-state index contributed by atoms with van der Waals surface area (Å²) >= 11 is 6.35. The predicted octanol–water partition coefficient (Wildman–Crippen LogP) is 4.60. The molecule has 0 fully saturated rings. The molecule has 0 saturated carbocycles. The van der Waals surface area contributed by atoms with Gasteiger partial charge in [0.05, 0.1) is 22.8 Å². The van der Waals surface area contributed by atoms with Crippen molar-refractivity contribution in [3.63, 3.8) is 0 Å². The van der Waals surface area contributed by atoms with E-state index < -0.39 is 5.97 Å². The number of rotatable bonds is 7. The number of pyridine rings is 1.